The van der Waals surface area contributed by atoms with E-state index in [4.69, 9.17) is 4.74 Å². The molecule has 0 radical (unpaired) electrons. The Morgan fingerprint density at radius 2 is 1.74 bits per heavy atom. The molecule has 2 aromatic heterocycles. The zero-order valence-corrected chi connectivity index (χ0v) is 20.4. The summed E-state index contributed by atoms with van der Waals surface area (Å²) in [5, 5.41) is 17.0. The van der Waals surface area contributed by atoms with Gasteiger partial charge in [-0.1, -0.05) is 18.2 Å². The van der Waals surface area contributed by atoms with Gasteiger partial charge in [0, 0.05) is 12.1 Å². The van der Waals surface area contributed by atoms with Gasteiger partial charge >= 0.3 is 12.1 Å². The number of aliphatic hydroxyl groups excluding tert-OH is 1. The summed E-state index contributed by atoms with van der Waals surface area (Å²) in [5.74, 6) is -2.16. The number of benzene rings is 1. The average molecular weight is 478 g/mol. The van der Waals surface area contributed by atoms with Gasteiger partial charge in [0.2, 0.25) is 5.82 Å². The standard InChI is InChI=1S/C25H30F3N3O3/c1-14-8-9-16(12-17(14)13-32)19(24(6,7)22(33)34-23(3,4)5)18-10-11-31-20(15(18)2)29-30-21(31)25(26,27)28/h8-12,19,32H,13H2,1-7H3. The summed E-state index contributed by atoms with van der Waals surface area (Å²) in [6.07, 6.45) is -3.38. The molecule has 0 spiro atoms. The quantitative estimate of drug-likeness (QED) is 0.501. The Labute approximate surface area is 196 Å². The Hall–Kier alpha value is -2.94. The van der Waals surface area contributed by atoms with Crippen molar-refractivity contribution in [3.05, 3.63) is 64.1 Å². The fourth-order valence-electron chi connectivity index (χ4n) is 4.16. The van der Waals surface area contributed by atoms with E-state index in [1.165, 1.54) is 6.20 Å². The number of alkyl halides is 3. The second-order valence-corrected chi connectivity index (χ2v) is 10.1. The monoisotopic (exact) mass is 477 g/mol. The first-order chi connectivity index (χ1) is 15.6. The van der Waals surface area contributed by atoms with Crippen molar-refractivity contribution in [2.24, 2.45) is 5.41 Å². The summed E-state index contributed by atoms with van der Waals surface area (Å²) in [6.45, 7) is 12.2. The number of hydrogen-bond donors (Lipinski definition) is 1. The Balaban J connectivity index is 2.27. The van der Waals surface area contributed by atoms with Crippen molar-refractivity contribution in [3.63, 3.8) is 0 Å². The van der Waals surface area contributed by atoms with E-state index in [-0.39, 0.29) is 12.3 Å². The molecule has 0 bridgehead atoms. The second-order valence-electron chi connectivity index (χ2n) is 10.1. The molecule has 0 saturated carbocycles. The van der Waals surface area contributed by atoms with Gasteiger partial charge in [0.15, 0.2) is 5.65 Å². The summed E-state index contributed by atoms with van der Waals surface area (Å²) in [6, 6.07) is 7.10. The molecule has 0 saturated heterocycles. The van der Waals surface area contributed by atoms with E-state index in [1.54, 1.807) is 47.6 Å². The molecule has 9 heteroatoms. The van der Waals surface area contributed by atoms with E-state index in [0.29, 0.717) is 16.7 Å². The van der Waals surface area contributed by atoms with Crippen LogP contribution in [0.4, 0.5) is 13.2 Å². The smallest absolute Gasteiger partial charge is 0.452 e. The maximum atomic E-state index is 13.4. The van der Waals surface area contributed by atoms with Crippen LogP contribution in [0.15, 0.2) is 30.5 Å². The van der Waals surface area contributed by atoms with Crippen LogP contribution < -0.4 is 0 Å². The molecule has 184 valence electrons. The molecule has 34 heavy (non-hydrogen) atoms. The third-order valence-electron chi connectivity index (χ3n) is 5.96. The summed E-state index contributed by atoms with van der Waals surface area (Å²) in [4.78, 5) is 13.3. The molecule has 1 aromatic carbocycles. The Bertz CT molecular complexity index is 1220. The Morgan fingerprint density at radius 1 is 1.09 bits per heavy atom. The van der Waals surface area contributed by atoms with Gasteiger partial charge in [-0.25, -0.2) is 0 Å². The zero-order chi connectivity index (χ0) is 25.6. The first-order valence-corrected chi connectivity index (χ1v) is 10.9. The molecule has 0 aliphatic heterocycles. The highest BCUT2D eigenvalue weighted by molar-refractivity contribution is 5.79. The van der Waals surface area contributed by atoms with Gasteiger partial charge in [0.25, 0.3) is 0 Å². The van der Waals surface area contributed by atoms with Gasteiger partial charge in [-0.05, 0) is 82.3 Å². The van der Waals surface area contributed by atoms with Gasteiger partial charge in [0.05, 0.1) is 12.0 Å². The molecular weight excluding hydrogens is 447 g/mol. The third-order valence-corrected chi connectivity index (χ3v) is 5.96. The number of esters is 1. The molecular formula is C25H30F3N3O3. The highest BCUT2D eigenvalue weighted by Crippen LogP contribution is 2.45. The molecule has 1 unspecified atom stereocenters. The molecule has 0 fully saturated rings. The van der Waals surface area contributed by atoms with Crippen molar-refractivity contribution in [3.8, 4) is 0 Å². The van der Waals surface area contributed by atoms with Crippen LogP contribution in [0, 0.1) is 19.3 Å². The lowest BCUT2D eigenvalue weighted by Crippen LogP contribution is -2.38. The number of aliphatic hydroxyl groups is 1. The van der Waals surface area contributed by atoms with E-state index in [1.807, 2.05) is 25.1 Å². The minimum Gasteiger partial charge on any atom is -0.460 e. The van der Waals surface area contributed by atoms with Gasteiger partial charge in [-0.3, -0.25) is 9.20 Å². The van der Waals surface area contributed by atoms with Crippen molar-refractivity contribution in [1.29, 1.82) is 0 Å². The fourth-order valence-corrected chi connectivity index (χ4v) is 4.16. The number of ether oxygens (including phenoxy) is 1. The molecule has 0 aliphatic rings. The number of halogens is 3. The van der Waals surface area contributed by atoms with Crippen molar-refractivity contribution < 1.29 is 27.8 Å². The van der Waals surface area contributed by atoms with Crippen LogP contribution in [0.25, 0.3) is 5.65 Å². The minimum absolute atomic E-state index is 0.0595. The van der Waals surface area contributed by atoms with Crippen LogP contribution in [0.3, 0.4) is 0 Å². The molecule has 1 atom stereocenters. The topological polar surface area (TPSA) is 76.7 Å². The van der Waals surface area contributed by atoms with Crippen LogP contribution in [0.2, 0.25) is 0 Å². The highest BCUT2D eigenvalue weighted by Gasteiger charge is 2.43. The lowest BCUT2D eigenvalue weighted by molar-refractivity contribution is -0.166. The molecule has 3 rings (SSSR count). The number of nitrogens with zero attached hydrogens (tertiary/aromatic N) is 3. The van der Waals surface area contributed by atoms with Crippen molar-refractivity contribution >= 4 is 11.6 Å². The molecule has 1 N–H and O–H groups in total. The van der Waals surface area contributed by atoms with E-state index in [2.05, 4.69) is 10.2 Å². The Kier molecular flexibility index (Phi) is 6.56. The van der Waals surface area contributed by atoms with Gasteiger partial charge < -0.3 is 9.84 Å². The number of carbonyl (C=O) groups excluding carboxylic acids is 1. The molecule has 2 heterocycles. The van der Waals surface area contributed by atoms with Crippen molar-refractivity contribution in [2.75, 3.05) is 0 Å². The van der Waals surface area contributed by atoms with E-state index in [9.17, 15) is 23.1 Å². The van der Waals surface area contributed by atoms with Crippen molar-refractivity contribution in [1.82, 2.24) is 14.6 Å². The predicted molar refractivity (Wildman–Crippen MR) is 121 cm³/mol. The van der Waals surface area contributed by atoms with Gasteiger partial charge in [0.1, 0.15) is 5.60 Å². The van der Waals surface area contributed by atoms with Crippen LogP contribution in [0.5, 0.6) is 0 Å². The number of aryl methyl sites for hydroxylation is 2. The molecule has 3 aromatic rings. The third kappa shape index (κ3) is 4.80. The van der Waals surface area contributed by atoms with E-state index < -0.39 is 34.9 Å². The first kappa shape index (κ1) is 25.7. The van der Waals surface area contributed by atoms with E-state index >= 15 is 0 Å². The van der Waals surface area contributed by atoms with Crippen molar-refractivity contribution in [2.45, 2.75) is 72.8 Å². The van der Waals surface area contributed by atoms with Gasteiger partial charge in [-0.15, -0.1) is 10.2 Å². The summed E-state index contributed by atoms with van der Waals surface area (Å²) in [7, 11) is 0. The van der Waals surface area contributed by atoms with E-state index in [0.717, 1.165) is 15.5 Å². The number of pyridine rings is 1. The molecule has 0 aliphatic carbocycles. The van der Waals surface area contributed by atoms with Crippen LogP contribution >= 0.6 is 0 Å². The number of fused-ring (bicyclic) bond motifs is 1. The largest absolute Gasteiger partial charge is 0.460 e. The summed E-state index contributed by atoms with van der Waals surface area (Å²) >= 11 is 0. The summed E-state index contributed by atoms with van der Waals surface area (Å²) in [5.41, 5.74) is 1.64. The maximum absolute atomic E-state index is 13.4. The number of rotatable bonds is 5. The number of carbonyl (C=O) groups is 1. The number of aromatic nitrogens is 3. The predicted octanol–water partition coefficient (Wildman–Crippen LogP) is 5.36. The Morgan fingerprint density at radius 3 is 2.29 bits per heavy atom. The summed E-state index contributed by atoms with van der Waals surface area (Å²) < 4.78 is 46.7. The average Bonchev–Trinajstić information content (AvgIpc) is 3.15. The van der Waals surface area contributed by atoms with Gasteiger partial charge in [-0.2, -0.15) is 13.2 Å². The lowest BCUT2D eigenvalue weighted by atomic mass is 9.70. The maximum Gasteiger partial charge on any atom is 0.452 e. The van der Waals surface area contributed by atoms with Crippen LogP contribution in [-0.2, 0) is 22.3 Å². The number of hydrogen-bond acceptors (Lipinski definition) is 5. The second kappa shape index (κ2) is 8.69. The lowest BCUT2D eigenvalue weighted by Gasteiger charge is -2.36. The first-order valence-electron chi connectivity index (χ1n) is 10.9. The molecule has 0 amide bonds. The normalized spacial score (nSPS) is 13.9. The minimum atomic E-state index is -4.66. The highest BCUT2D eigenvalue weighted by atomic mass is 19.4. The van der Waals surface area contributed by atoms with Crippen LogP contribution in [-0.4, -0.2) is 31.3 Å². The fraction of sp³-hybridized carbons (Fsp3) is 0.480. The SMILES string of the molecule is Cc1ccc(C(c2ccn3c(C(F)(F)F)nnc3c2C)C(C)(C)C(=O)OC(C)(C)C)cc1CO. The zero-order valence-electron chi connectivity index (χ0n) is 20.4. The van der Waals surface area contributed by atoms with Crippen LogP contribution in [0.1, 0.15) is 74.2 Å². The molecule has 6 nitrogen and oxygen atoms in total.